The number of aromatic nitrogens is 1. The molecule has 2 saturated carbocycles. The third kappa shape index (κ3) is 2.85. The second-order valence-corrected chi connectivity index (χ2v) is 7.34. The number of anilines is 1. The third-order valence-corrected chi connectivity index (χ3v) is 5.95. The molecule has 3 unspecified atom stereocenters. The maximum atomic E-state index is 12.8. The van der Waals surface area contributed by atoms with Crippen LogP contribution in [0.2, 0.25) is 0 Å². The molecular weight excluding hydrogens is 300 g/mol. The average Bonchev–Trinajstić information content (AvgIpc) is 2.62. The van der Waals surface area contributed by atoms with Crippen molar-refractivity contribution < 1.29 is 4.79 Å². The number of carbonyl (C=O) groups excluding carboxylic acids is 1. The van der Waals surface area contributed by atoms with Gasteiger partial charge in [0.25, 0.3) is 5.56 Å². The molecule has 2 fully saturated rings. The van der Waals surface area contributed by atoms with Crippen LogP contribution in [0.4, 0.5) is 5.69 Å². The third-order valence-electron chi connectivity index (χ3n) is 5.95. The van der Waals surface area contributed by atoms with E-state index in [4.69, 9.17) is 0 Å². The Kier molecular flexibility index (Phi) is 4.13. The van der Waals surface area contributed by atoms with Gasteiger partial charge in [0.05, 0.1) is 0 Å². The maximum absolute atomic E-state index is 12.8. The van der Waals surface area contributed by atoms with Gasteiger partial charge in [0.2, 0.25) is 5.91 Å². The van der Waals surface area contributed by atoms with E-state index >= 15 is 0 Å². The van der Waals surface area contributed by atoms with Crippen LogP contribution in [0.1, 0.15) is 44.9 Å². The molecule has 2 aliphatic carbocycles. The summed E-state index contributed by atoms with van der Waals surface area (Å²) < 4.78 is 0. The first-order valence-corrected chi connectivity index (χ1v) is 9.15. The topological polar surface area (TPSA) is 62.0 Å². The van der Waals surface area contributed by atoms with Crippen LogP contribution >= 0.6 is 0 Å². The summed E-state index contributed by atoms with van der Waals surface area (Å²) in [5.74, 6) is 1.56. The highest BCUT2D eigenvalue weighted by atomic mass is 16.2. The molecule has 0 aliphatic heterocycles. The molecule has 1 heterocycles. The Balaban J connectivity index is 1.55. The lowest BCUT2D eigenvalue weighted by atomic mass is 9.65. The van der Waals surface area contributed by atoms with E-state index in [1.54, 1.807) is 12.3 Å². The average molecular weight is 324 g/mol. The van der Waals surface area contributed by atoms with Crippen LogP contribution in [0, 0.1) is 17.8 Å². The minimum Gasteiger partial charge on any atom is -0.329 e. The predicted octanol–water partition coefficient (Wildman–Crippen LogP) is 4.07. The Hall–Kier alpha value is -2.10. The highest BCUT2D eigenvalue weighted by molar-refractivity contribution is 5.95. The summed E-state index contributed by atoms with van der Waals surface area (Å²) in [5, 5.41) is 4.58. The zero-order valence-electron chi connectivity index (χ0n) is 13.9. The van der Waals surface area contributed by atoms with Crippen LogP contribution in [0.25, 0.3) is 10.8 Å². The quantitative estimate of drug-likeness (QED) is 0.874. The Morgan fingerprint density at radius 2 is 1.88 bits per heavy atom. The zero-order chi connectivity index (χ0) is 16.5. The van der Waals surface area contributed by atoms with Gasteiger partial charge in [0, 0.05) is 23.2 Å². The monoisotopic (exact) mass is 324 g/mol. The van der Waals surface area contributed by atoms with Gasteiger partial charge in [-0.1, -0.05) is 38.2 Å². The van der Waals surface area contributed by atoms with Gasteiger partial charge < -0.3 is 10.3 Å². The van der Waals surface area contributed by atoms with Gasteiger partial charge in [-0.15, -0.1) is 0 Å². The van der Waals surface area contributed by atoms with Gasteiger partial charge in [-0.2, -0.15) is 0 Å². The molecule has 4 nitrogen and oxygen atoms in total. The summed E-state index contributed by atoms with van der Waals surface area (Å²) in [6, 6.07) is 7.44. The summed E-state index contributed by atoms with van der Waals surface area (Å²) in [6.07, 6.45) is 10.2. The summed E-state index contributed by atoms with van der Waals surface area (Å²) in [7, 11) is 0. The maximum Gasteiger partial charge on any atom is 0.255 e. The molecule has 4 heteroatoms. The van der Waals surface area contributed by atoms with Gasteiger partial charge in [-0.25, -0.2) is 0 Å². The van der Waals surface area contributed by atoms with Crippen molar-refractivity contribution in [2.75, 3.05) is 5.32 Å². The van der Waals surface area contributed by atoms with Gasteiger partial charge in [0.15, 0.2) is 0 Å². The molecule has 1 aromatic heterocycles. The van der Waals surface area contributed by atoms with E-state index in [1.165, 1.54) is 32.1 Å². The van der Waals surface area contributed by atoms with E-state index in [-0.39, 0.29) is 17.4 Å². The van der Waals surface area contributed by atoms with Gasteiger partial charge in [-0.05, 0) is 48.3 Å². The molecule has 2 N–H and O–H groups in total. The second-order valence-electron chi connectivity index (χ2n) is 7.34. The molecule has 24 heavy (non-hydrogen) atoms. The van der Waals surface area contributed by atoms with Crippen molar-refractivity contribution in [1.82, 2.24) is 4.98 Å². The van der Waals surface area contributed by atoms with Crippen LogP contribution < -0.4 is 10.9 Å². The molecule has 126 valence electrons. The first-order chi connectivity index (χ1) is 11.7. The predicted molar refractivity (Wildman–Crippen MR) is 96.0 cm³/mol. The lowest BCUT2D eigenvalue weighted by Crippen LogP contribution is -2.38. The van der Waals surface area contributed by atoms with Gasteiger partial charge in [0.1, 0.15) is 0 Å². The van der Waals surface area contributed by atoms with E-state index in [1.807, 2.05) is 18.2 Å². The molecule has 1 amide bonds. The fourth-order valence-electron chi connectivity index (χ4n) is 4.76. The first-order valence-electron chi connectivity index (χ1n) is 9.15. The smallest absolute Gasteiger partial charge is 0.255 e. The largest absolute Gasteiger partial charge is 0.329 e. The fourth-order valence-corrected chi connectivity index (χ4v) is 4.76. The lowest BCUT2D eigenvalue weighted by molar-refractivity contribution is -0.124. The van der Waals surface area contributed by atoms with Crippen molar-refractivity contribution in [3.05, 3.63) is 40.8 Å². The van der Waals surface area contributed by atoms with Gasteiger partial charge >= 0.3 is 0 Å². The number of carbonyl (C=O) groups is 1. The summed E-state index contributed by atoms with van der Waals surface area (Å²) in [5.41, 5.74) is 0.607. The summed E-state index contributed by atoms with van der Waals surface area (Å²) in [4.78, 5) is 27.5. The number of pyridine rings is 1. The second kappa shape index (κ2) is 6.42. The van der Waals surface area contributed by atoms with Crippen LogP contribution in [-0.4, -0.2) is 10.9 Å². The van der Waals surface area contributed by atoms with E-state index in [0.29, 0.717) is 11.3 Å². The highest BCUT2D eigenvalue weighted by Crippen LogP contribution is 2.44. The number of fused-ring (bicyclic) bond motifs is 2. The highest BCUT2D eigenvalue weighted by Gasteiger charge is 2.38. The Morgan fingerprint density at radius 3 is 2.79 bits per heavy atom. The molecule has 2 aromatic rings. The van der Waals surface area contributed by atoms with Crippen LogP contribution in [0.15, 0.2) is 35.3 Å². The van der Waals surface area contributed by atoms with Crippen LogP contribution in [-0.2, 0) is 4.79 Å². The number of H-pyrrole nitrogens is 1. The summed E-state index contributed by atoms with van der Waals surface area (Å²) in [6.45, 7) is 0. The number of hydrogen-bond acceptors (Lipinski definition) is 2. The van der Waals surface area contributed by atoms with Gasteiger partial charge in [-0.3, -0.25) is 9.59 Å². The minimum atomic E-state index is -0.117. The fraction of sp³-hybridized carbons (Fsp3) is 0.500. The SMILES string of the molecule is O=C(Nc1ccc2cc[nH]c(=O)c2c1)C1CCCC2CCCCC21. The number of rotatable bonds is 2. The molecule has 0 saturated heterocycles. The van der Waals surface area contributed by atoms with E-state index in [9.17, 15) is 9.59 Å². The van der Waals surface area contributed by atoms with Crippen LogP contribution in [0.3, 0.4) is 0 Å². The van der Waals surface area contributed by atoms with Crippen molar-refractivity contribution in [3.8, 4) is 0 Å². The molecule has 0 radical (unpaired) electrons. The standard InChI is InChI=1S/C20H24N2O2/c23-19-18-12-15(9-8-14(18)10-11-21-19)22-20(24)17-7-3-5-13-4-1-2-6-16(13)17/h8-13,16-17H,1-7H2,(H,21,23)(H,22,24). The Labute approximate surface area is 141 Å². The zero-order valence-corrected chi connectivity index (χ0v) is 13.9. The number of amides is 1. The molecule has 1 aromatic carbocycles. The van der Waals surface area contributed by atoms with E-state index in [0.717, 1.165) is 29.8 Å². The van der Waals surface area contributed by atoms with E-state index in [2.05, 4.69) is 10.3 Å². The number of nitrogens with one attached hydrogen (secondary N) is 2. The summed E-state index contributed by atoms with van der Waals surface area (Å²) >= 11 is 0. The molecule has 0 bridgehead atoms. The van der Waals surface area contributed by atoms with Crippen molar-refractivity contribution in [3.63, 3.8) is 0 Å². The normalized spacial score (nSPS) is 26.8. The number of hydrogen-bond donors (Lipinski definition) is 2. The number of benzene rings is 1. The van der Waals surface area contributed by atoms with E-state index < -0.39 is 0 Å². The molecule has 2 aliphatic rings. The molecular formula is C20H24N2O2. The molecule has 3 atom stereocenters. The Bertz CT molecular complexity index is 809. The van der Waals surface area contributed by atoms with Crippen LogP contribution in [0.5, 0.6) is 0 Å². The lowest BCUT2D eigenvalue weighted by Gasteiger charge is -2.40. The minimum absolute atomic E-state index is 0.117. The van der Waals surface area contributed by atoms with Crippen molar-refractivity contribution in [1.29, 1.82) is 0 Å². The van der Waals surface area contributed by atoms with Crippen molar-refractivity contribution in [2.24, 2.45) is 17.8 Å². The van der Waals surface area contributed by atoms with Crippen molar-refractivity contribution in [2.45, 2.75) is 44.9 Å². The Morgan fingerprint density at radius 1 is 1.04 bits per heavy atom. The first kappa shape index (κ1) is 15.4. The molecule has 0 spiro atoms. The molecule has 4 rings (SSSR count). The van der Waals surface area contributed by atoms with Crippen molar-refractivity contribution >= 4 is 22.4 Å². The number of aromatic amines is 1.